The summed E-state index contributed by atoms with van der Waals surface area (Å²) >= 11 is 6.62. The van der Waals surface area contributed by atoms with E-state index in [-0.39, 0.29) is 24.9 Å². The van der Waals surface area contributed by atoms with E-state index in [9.17, 15) is 10.2 Å². The van der Waals surface area contributed by atoms with Crippen LogP contribution in [0.1, 0.15) is 19.4 Å². The summed E-state index contributed by atoms with van der Waals surface area (Å²) in [6.45, 7) is 4.08. The first-order chi connectivity index (χ1) is 20.2. The largest absolute Gasteiger partial charge is 0.456 e. The molecule has 3 N–H and O–H groups in total. The highest BCUT2D eigenvalue weighted by atomic mass is 35.5. The van der Waals surface area contributed by atoms with Crippen molar-refractivity contribution < 1.29 is 24.4 Å². The molecule has 6 heterocycles. The van der Waals surface area contributed by atoms with E-state index in [0.29, 0.717) is 46.7 Å². The number of aliphatic hydroxyl groups excluding tert-OH is 1. The van der Waals surface area contributed by atoms with E-state index in [1.165, 1.54) is 0 Å². The zero-order valence-corrected chi connectivity index (χ0v) is 23.7. The Morgan fingerprint density at radius 3 is 2.55 bits per heavy atom. The minimum atomic E-state index is -0.801. The molecule has 4 aromatic heterocycles. The van der Waals surface area contributed by atoms with E-state index >= 15 is 0 Å². The molecular formula is C30H29ClN6O5. The number of halogens is 1. The average Bonchev–Trinajstić information content (AvgIpc) is 3.75. The first-order valence-electron chi connectivity index (χ1n) is 13.7. The third kappa shape index (κ3) is 5.25. The van der Waals surface area contributed by atoms with E-state index < -0.39 is 11.7 Å². The van der Waals surface area contributed by atoms with E-state index in [2.05, 4.69) is 20.1 Å². The molecule has 2 fully saturated rings. The molecule has 12 heteroatoms. The van der Waals surface area contributed by atoms with Crippen LogP contribution in [-0.4, -0.2) is 83.2 Å². The second kappa shape index (κ2) is 10.4. The van der Waals surface area contributed by atoms with Gasteiger partial charge in [0.05, 0.1) is 41.2 Å². The summed E-state index contributed by atoms with van der Waals surface area (Å²) in [4.78, 5) is 16.9. The molecule has 42 heavy (non-hydrogen) atoms. The summed E-state index contributed by atoms with van der Waals surface area (Å²) < 4.78 is 19.0. The Morgan fingerprint density at radius 1 is 1.02 bits per heavy atom. The Labute approximate surface area is 246 Å². The molecule has 0 amide bonds. The van der Waals surface area contributed by atoms with Gasteiger partial charge >= 0.3 is 0 Å². The smallest absolute Gasteiger partial charge is 0.296 e. The van der Waals surface area contributed by atoms with E-state index in [4.69, 9.17) is 30.8 Å². The maximum Gasteiger partial charge on any atom is 0.296 e. The lowest BCUT2D eigenvalue weighted by molar-refractivity contribution is 0.00706. The minimum absolute atomic E-state index is 0.230. The molecule has 0 spiro atoms. The lowest BCUT2D eigenvalue weighted by Gasteiger charge is -2.15. The van der Waals surface area contributed by atoms with Gasteiger partial charge in [0.25, 0.3) is 6.01 Å². The highest BCUT2D eigenvalue weighted by Gasteiger charge is 2.48. The molecule has 2 aliphatic rings. The lowest BCUT2D eigenvalue weighted by Crippen LogP contribution is -2.34. The number of hydrogen-bond donors (Lipinski definition) is 3. The van der Waals surface area contributed by atoms with Crippen LogP contribution in [0, 0.1) is 0 Å². The Balaban J connectivity index is 1.07. The maximum atomic E-state index is 10.1. The molecule has 11 nitrogen and oxygen atoms in total. The lowest BCUT2D eigenvalue weighted by atomic mass is 10.0. The van der Waals surface area contributed by atoms with Gasteiger partial charge in [0, 0.05) is 29.9 Å². The number of hydrogen-bond acceptors (Lipinski definition) is 9. The number of fused-ring (bicyclic) bond motifs is 2. The SMILES string of the molecule is CC(C)(O)Cc1cnn(-c2ccc(-c3ccc(-c4nc5nc(O[C@@H]6COC7C6OC[C@H]7O)[nH]c5cc4Cl)cc3)cn2)c1. The molecule has 1 aromatic carbocycles. The van der Waals surface area contributed by atoms with Crippen molar-refractivity contribution in [2.24, 2.45) is 0 Å². The number of nitrogens with one attached hydrogen (secondary N) is 1. The first-order valence-corrected chi connectivity index (χ1v) is 14.1. The van der Waals surface area contributed by atoms with Crippen molar-refractivity contribution in [3.8, 4) is 34.2 Å². The van der Waals surface area contributed by atoms with Crippen LogP contribution >= 0.6 is 11.6 Å². The van der Waals surface area contributed by atoms with Crippen molar-refractivity contribution in [3.05, 3.63) is 71.6 Å². The monoisotopic (exact) mass is 588 g/mol. The first kappa shape index (κ1) is 27.0. The third-order valence-electron chi connectivity index (χ3n) is 7.40. The molecular weight excluding hydrogens is 560 g/mol. The molecule has 2 unspecified atom stereocenters. The van der Waals surface area contributed by atoms with Gasteiger partial charge in [0.1, 0.15) is 18.3 Å². The van der Waals surface area contributed by atoms with E-state index in [1.807, 2.05) is 42.6 Å². The number of aromatic nitrogens is 6. The highest BCUT2D eigenvalue weighted by molar-refractivity contribution is 6.33. The van der Waals surface area contributed by atoms with Crippen molar-refractivity contribution in [1.29, 1.82) is 0 Å². The molecule has 0 aliphatic carbocycles. The van der Waals surface area contributed by atoms with Crippen LogP contribution in [0.5, 0.6) is 6.01 Å². The zero-order chi connectivity index (χ0) is 29.0. The predicted octanol–water partition coefficient (Wildman–Crippen LogP) is 3.75. The fourth-order valence-corrected chi connectivity index (χ4v) is 5.69. The normalized spacial score (nSPS) is 22.1. The third-order valence-corrected chi connectivity index (χ3v) is 7.68. The van der Waals surface area contributed by atoms with Crippen LogP contribution in [0.15, 0.2) is 61.1 Å². The number of pyridine rings is 2. The van der Waals surface area contributed by atoms with Gasteiger partial charge in [-0.15, -0.1) is 0 Å². The summed E-state index contributed by atoms with van der Waals surface area (Å²) in [6, 6.07) is 13.9. The van der Waals surface area contributed by atoms with Gasteiger partial charge in [0.2, 0.25) is 0 Å². The Bertz CT molecular complexity index is 1730. The van der Waals surface area contributed by atoms with Crippen LogP contribution in [0.2, 0.25) is 5.02 Å². The molecule has 2 saturated heterocycles. The van der Waals surface area contributed by atoms with Crippen LogP contribution in [0.25, 0.3) is 39.4 Å². The second-order valence-electron chi connectivity index (χ2n) is 11.3. The number of H-pyrrole nitrogens is 1. The van der Waals surface area contributed by atoms with E-state index in [1.54, 1.807) is 37.0 Å². The Hall–Kier alpha value is -3.87. The second-order valence-corrected chi connectivity index (χ2v) is 11.7. The quantitative estimate of drug-likeness (QED) is 0.259. The molecule has 4 atom stereocenters. The summed E-state index contributed by atoms with van der Waals surface area (Å²) in [7, 11) is 0. The molecule has 2 aliphatic heterocycles. The molecule has 0 radical (unpaired) electrons. The van der Waals surface area contributed by atoms with Gasteiger partial charge in [0.15, 0.2) is 17.6 Å². The molecule has 0 bridgehead atoms. The predicted molar refractivity (Wildman–Crippen MR) is 155 cm³/mol. The number of rotatable bonds is 7. The van der Waals surface area contributed by atoms with Crippen molar-refractivity contribution in [2.75, 3.05) is 13.2 Å². The van der Waals surface area contributed by atoms with Gasteiger partial charge in [-0.3, -0.25) is 0 Å². The molecule has 216 valence electrons. The number of benzene rings is 1. The molecule has 0 saturated carbocycles. The van der Waals surface area contributed by atoms with Gasteiger partial charge in [-0.05, 0) is 43.2 Å². The molecule has 7 rings (SSSR count). The number of aromatic amines is 1. The Morgan fingerprint density at radius 2 is 1.79 bits per heavy atom. The van der Waals surface area contributed by atoms with Gasteiger partial charge in [-0.25, -0.2) is 14.6 Å². The van der Waals surface area contributed by atoms with Crippen molar-refractivity contribution in [3.63, 3.8) is 0 Å². The van der Waals surface area contributed by atoms with Crippen LogP contribution in [-0.2, 0) is 15.9 Å². The van der Waals surface area contributed by atoms with Crippen molar-refractivity contribution in [1.82, 2.24) is 29.7 Å². The Kier molecular flexibility index (Phi) is 6.71. The number of imidazole rings is 1. The number of nitrogens with zero attached hydrogens (tertiary/aromatic N) is 5. The van der Waals surface area contributed by atoms with Gasteiger partial charge in [-0.1, -0.05) is 35.9 Å². The van der Waals surface area contributed by atoms with Crippen LogP contribution in [0.3, 0.4) is 0 Å². The van der Waals surface area contributed by atoms with Gasteiger partial charge < -0.3 is 29.4 Å². The summed E-state index contributed by atoms with van der Waals surface area (Å²) in [6.07, 6.45) is 4.19. The van der Waals surface area contributed by atoms with Crippen LogP contribution < -0.4 is 4.74 Å². The fraction of sp³-hybridized carbons (Fsp3) is 0.333. The summed E-state index contributed by atoms with van der Waals surface area (Å²) in [5.41, 5.74) is 4.65. The highest BCUT2D eigenvalue weighted by Crippen LogP contribution is 2.33. The standard InChI is InChI=1S/C30H29ClN6O5/c1-30(2,39)10-16-11-33-37(13-16)24-8-7-19(12-32-24)17-3-5-18(6-4-17)25-20(31)9-21-28(35-25)36-29(34-21)42-23-15-41-26-22(38)14-40-27(23)26/h3-9,11-13,22-23,26-27,38-39H,10,14-15H2,1-2H3,(H,34,35,36)/t22-,23-,26?,27?/m1/s1. The van der Waals surface area contributed by atoms with Crippen molar-refractivity contribution >= 4 is 22.8 Å². The zero-order valence-electron chi connectivity index (χ0n) is 22.9. The molecule has 5 aromatic rings. The summed E-state index contributed by atoms with van der Waals surface area (Å²) in [5.74, 6) is 0.692. The van der Waals surface area contributed by atoms with Crippen molar-refractivity contribution in [2.45, 2.75) is 50.3 Å². The van der Waals surface area contributed by atoms with E-state index in [0.717, 1.165) is 22.3 Å². The maximum absolute atomic E-state index is 10.1. The fourth-order valence-electron chi connectivity index (χ4n) is 5.43. The summed E-state index contributed by atoms with van der Waals surface area (Å²) in [5, 5.41) is 24.9. The minimum Gasteiger partial charge on any atom is -0.456 e. The van der Waals surface area contributed by atoms with Crippen LogP contribution in [0.4, 0.5) is 0 Å². The topological polar surface area (TPSA) is 140 Å². The van der Waals surface area contributed by atoms with Gasteiger partial charge in [-0.2, -0.15) is 10.1 Å². The number of ether oxygens (including phenoxy) is 3. The number of aliphatic hydroxyl groups is 2. The average molecular weight is 589 g/mol.